The quantitative estimate of drug-likeness (QED) is 0.904. The second-order valence-electron chi connectivity index (χ2n) is 6.10. The Morgan fingerprint density at radius 3 is 2.67 bits per heavy atom. The third kappa shape index (κ3) is 3.21. The van der Waals surface area contributed by atoms with Crippen molar-refractivity contribution in [1.29, 1.82) is 0 Å². The van der Waals surface area contributed by atoms with Gasteiger partial charge in [0.2, 0.25) is 0 Å². The number of aromatic carboxylic acids is 1. The van der Waals surface area contributed by atoms with Crippen molar-refractivity contribution in [2.45, 2.75) is 32.1 Å². The van der Waals surface area contributed by atoms with Crippen molar-refractivity contribution >= 4 is 11.7 Å². The van der Waals surface area contributed by atoms with Gasteiger partial charge in [-0.3, -0.25) is 0 Å². The fourth-order valence-electron chi connectivity index (χ4n) is 3.62. The largest absolute Gasteiger partial charge is 0.478 e. The highest BCUT2D eigenvalue weighted by molar-refractivity contribution is 5.91. The lowest BCUT2D eigenvalue weighted by atomic mass is 9.96. The van der Waals surface area contributed by atoms with Gasteiger partial charge in [-0.25, -0.2) is 4.79 Å². The minimum atomic E-state index is -0.800. The lowest BCUT2D eigenvalue weighted by Crippen LogP contribution is -2.33. The van der Waals surface area contributed by atoms with E-state index in [2.05, 4.69) is 15.9 Å². The van der Waals surface area contributed by atoms with Gasteiger partial charge in [0.05, 0.1) is 5.56 Å². The van der Waals surface area contributed by atoms with Gasteiger partial charge >= 0.3 is 5.97 Å². The van der Waals surface area contributed by atoms with Crippen LogP contribution in [0.15, 0.2) is 18.2 Å². The maximum Gasteiger partial charge on any atom is 0.336 e. The summed E-state index contributed by atoms with van der Waals surface area (Å²) in [4.78, 5) is 16.3. The van der Waals surface area contributed by atoms with Crippen LogP contribution < -0.4 is 4.90 Å². The summed E-state index contributed by atoms with van der Waals surface area (Å²) in [6, 6.07) is 5.69. The number of fused-ring (bicyclic) bond motifs is 1. The molecule has 114 valence electrons. The van der Waals surface area contributed by atoms with E-state index in [-0.39, 0.29) is 0 Å². The minimum absolute atomic E-state index is 0.483. The molecule has 4 heteroatoms. The molecular formula is C17H24N2O2. The maximum absolute atomic E-state index is 11.3. The van der Waals surface area contributed by atoms with E-state index in [1.165, 1.54) is 32.5 Å². The summed E-state index contributed by atoms with van der Waals surface area (Å²) in [6.07, 6.45) is 5.79. The number of hydrogen-bond donors (Lipinski definition) is 1. The van der Waals surface area contributed by atoms with E-state index in [0.717, 1.165) is 43.6 Å². The number of carboxylic acid groups (broad SMARTS) is 1. The monoisotopic (exact) mass is 288 g/mol. The first-order valence-corrected chi connectivity index (χ1v) is 8.08. The number of carboxylic acids is 1. The molecule has 0 saturated carbocycles. The van der Waals surface area contributed by atoms with Crippen LogP contribution in [-0.2, 0) is 6.42 Å². The number of hydrogen-bond acceptors (Lipinski definition) is 3. The Morgan fingerprint density at radius 2 is 1.90 bits per heavy atom. The highest BCUT2D eigenvalue weighted by Crippen LogP contribution is 2.30. The molecule has 0 aliphatic carbocycles. The van der Waals surface area contributed by atoms with Crippen LogP contribution in [-0.4, -0.2) is 48.7 Å². The van der Waals surface area contributed by atoms with Gasteiger partial charge in [-0.1, -0.05) is 6.07 Å². The van der Waals surface area contributed by atoms with E-state index < -0.39 is 5.97 Å². The first-order chi connectivity index (χ1) is 10.3. The van der Waals surface area contributed by atoms with E-state index in [1.807, 2.05) is 6.07 Å². The SMILES string of the molecule is O=C(O)c1cccc2c1CCCN2CCCN1CCCC1. The Labute approximate surface area is 126 Å². The highest BCUT2D eigenvalue weighted by atomic mass is 16.4. The third-order valence-electron chi connectivity index (χ3n) is 4.68. The summed E-state index contributed by atoms with van der Waals surface area (Å²) >= 11 is 0. The maximum atomic E-state index is 11.3. The molecule has 4 nitrogen and oxygen atoms in total. The Balaban J connectivity index is 1.65. The second-order valence-corrected chi connectivity index (χ2v) is 6.10. The zero-order chi connectivity index (χ0) is 14.7. The van der Waals surface area contributed by atoms with Crippen LogP contribution in [0.2, 0.25) is 0 Å². The first kappa shape index (κ1) is 14.4. The zero-order valence-electron chi connectivity index (χ0n) is 12.6. The molecule has 0 aromatic heterocycles. The van der Waals surface area contributed by atoms with Crippen molar-refractivity contribution < 1.29 is 9.90 Å². The van der Waals surface area contributed by atoms with Crippen LogP contribution in [0.1, 0.15) is 41.6 Å². The smallest absolute Gasteiger partial charge is 0.336 e. The molecule has 0 bridgehead atoms. The average Bonchev–Trinajstić information content (AvgIpc) is 3.00. The normalized spacial score (nSPS) is 18.8. The molecule has 1 saturated heterocycles. The molecule has 1 aromatic rings. The Morgan fingerprint density at radius 1 is 1.10 bits per heavy atom. The highest BCUT2D eigenvalue weighted by Gasteiger charge is 2.22. The number of likely N-dealkylation sites (tertiary alicyclic amines) is 1. The van der Waals surface area contributed by atoms with Gasteiger partial charge in [0.25, 0.3) is 0 Å². The molecule has 2 heterocycles. The molecule has 0 unspecified atom stereocenters. The molecule has 0 atom stereocenters. The lowest BCUT2D eigenvalue weighted by molar-refractivity contribution is 0.0695. The van der Waals surface area contributed by atoms with Crippen LogP contribution in [0.4, 0.5) is 5.69 Å². The molecule has 2 aliphatic rings. The van der Waals surface area contributed by atoms with E-state index in [0.29, 0.717) is 5.56 Å². The van der Waals surface area contributed by atoms with Crippen LogP contribution in [0.5, 0.6) is 0 Å². The van der Waals surface area contributed by atoms with E-state index >= 15 is 0 Å². The van der Waals surface area contributed by atoms with Crippen molar-refractivity contribution in [1.82, 2.24) is 4.90 Å². The van der Waals surface area contributed by atoms with Crippen LogP contribution in [0.25, 0.3) is 0 Å². The van der Waals surface area contributed by atoms with Gasteiger partial charge in [0.15, 0.2) is 0 Å². The lowest BCUT2D eigenvalue weighted by Gasteiger charge is -2.32. The van der Waals surface area contributed by atoms with Gasteiger partial charge in [-0.15, -0.1) is 0 Å². The topological polar surface area (TPSA) is 43.8 Å². The molecule has 21 heavy (non-hydrogen) atoms. The zero-order valence-corrected chi connectivity index (χ0v) is 12.6. The summed E-state index contributed by atoms with van der Waals surface area (Å²) < 4.78 is 0. The summed E-state index contributed by atoms with van der Waals surface area (Å²) in [6.45, 7) is 5.76. The van der Waals surface area contributed by atoms with Crippen LogP contribution >= 0.6 is 0 Å². The van der Waals surface area contributed by atoms with Gasteiger partial charge in [0.1, 0.15) is 0 Å². The Hall–Kier alpha value is -1.55. The molecule has 0 spiro atoms. The summed E-state index contributed by atoms with van der Waals surface area (Å²) in [7, 11) is 0. The van der Waals surface area contributed by atoms with Crippen molar-refractivity contribution in [2.24, 2.45) is 0 Å². The summed E-state index contributed by atoms with van der Waals surface area (Å²) in [5.74, 6) is -0.800. The summed E-state index contributed by atoms with van der Waals surface area (Å²) in [5.41, 5.74) is 2.65. The molecule has 0 radical (unpaired) electrons. The van der Waals surface area contributed by atoms with Crippen LogP contribution in [0, 0.1) is 0 Å². The van der Waals surface area contributed by atoms with Gasteiger partial charge in [0, 0.05) is 18.8 Å². The predicted molar refractivity (Wildman–Crippen MR) is 84.2 cm³/mol. The van der Waals surface area contributed by atoms with Gasteiger partial charge < -0.3 is 14.9 Å². The minimum Gasteiger partial charge on any atom is -0.478 e. The third-order valence-corrected chi connectivity index (χ3v) is 4.68. The molecule has 1 aromatic carbocycles. The first-order valence-electron chi connectivity index (χ1n) is 8.08. The fourth-order valence-corrected chi connectivity index (χ4v) is 3.62. The molecule has 2 aliphatic heterocycles. The van der Waals surface area contributed by atoms with Gasteiger partial charge in [-0.2, -0.15) is 0 Å². The van der Waals surface area contributed by atoms with E-state index in [1.54, 1.807) is 6.07 Å². The second kappa shape index (κ2) is 6.48. The van der Waals surface area contributed by atoms with Crippen LogP contribution in [0.3, 0.4) is 0 Å². The molecule has 1 N–H and O–H groups in total. The van der Waals surface area contributed by atoms with E-state index in [9.17, 15) is 9.90 Å². The Bertz CT molecular complexity index is 510. The van der Waals surface area contributed by atoms with E-state index in [4.69, 9.17) is 0 Å². The number of benzene rings is 1. The molecule has 1 fully saturated rings. The number of carbonyl (C=O) groups is 1. The molecule has 3 rings (SSSR count). The number of rotatable bonds is 5. The average molecular weight is 288 g/mol. The standard InChI is InChI=1S/C17H24N2O2/c20-17(21)15-6-3-8-16-14(15)7-4-12-19(16)13-5-11-18-9-1-2-10-18/h3,6,8H,1-2,4-5,7,9-13H2,(H,20,21). The fraction of sp³-hybridized carbons (Fsp3) is 0.588. The molecule has 0 amide bonds. The van der Waals surface area contributed by atoms with Crippen molar-refractivity contribution in [3.63, 3.8) is 0 Å². The van der Waals surface area contributed by atoms with Crippen molar-refractivity contribution in [3.8, 4) is 0 Å². The summed E-state index contributed by atoms with van der Waals surface area (Å²) in [5, 5.41) is 9.32. The molecular weight excluding hydrogens is 264 g/mol. The van der Waals surface area contributed by atoms with Crippen molar-refractivity contribution in [2.75, 3.05) is 37.6 Å². The Kier molecular flexibility index (Phi) is 4.44. The van der Waals surface area contributed by atoms with Crippen molar-refractivity contribution in [3.05, 3.63) is 29.3 Å². The van der Waals surface area contributed by atoms with Gasteiger partial charge in [-0.05, 0) is 69.4 Å². The predicted octanol–water partition coefficient (Wildman–Crippen LogP) is 2.62. The number of anilines is 1. The number of nitrogens with zero attached hydrogens (tertiary/aromatic N) is 2.